The number of aryl methyl sites for hydroxylation is 1. The molecular formula is C19H16F3NO3. The number of aromatic amines is 1. The molecule has 0 saturated carbocycles. The average Bonchev–Trinajstić information content (AvgIpc) is 2.60. The monoisotopic (exact) mass is 363 g/mol. The van der Waals surface area contributed by atoms with E-state index in [4.69, 9.17) is 4.74 Å². The number of aliphatic hydroxyl groups excluding tert-OH is 1. The minimum absolute atomic E-state index is 0.0374. The summed E-state index contributed by atoms with van der Waals surface area (Å²) in [6, 6.07) is 9.72. The number of pyridine rings is 1. The van der Waals surface area contributed by atoms with E-state index in [-0.39, 0.29) is 17.7 Å². The summed E-state index contributed by atoms with van der Waals surface area (Å²) in [5.74, 6) is -0.0374. The number of aliphatic hydroxyl groups is 1. The molecule has 0 bridgehead atoms. The van der Waals surface area contributed by atoms with Gasteiger partial charge in [-0.2, -0.15) is 13.2 Å². The fourth-order valence-electron chi connectivity index (χ4n) is 2.95. The minimum atomic E-state index is -4.46. The maximum Gasteiger partial charge on any atom is 0.422 e. The summed E-state index contributed by atoms with van der Waals surface area (Å²) in [7, 11) is 0. The van der Waals surface area contributed by atoms with Crippen molar-refractivity contribution in [1.82, 2.24) is 4.98 Å². The van der Waals surface area contributed by atoms with Crippen LogP contribution in [-0.4, -0.2) is 22.9 Å². The Morgan fingerprint density at radius 2 is 1.92 bits per heavy atom. The third-order valence-electron chi connectivity index (χ3n) is 4.07. The quantitative estimate of drug-likeness (QED) is 0.738. The van der Waals surface area contributed by atoms with Crippen LogP contribution < -0.4 is 10.3 Å². The second kappa shape index (κ2) is 6.84. The Morgan fingerprint density at radius 1 is 1.15 bits per heavy atom. The SMILES string of the molecule is Cc1cccc(CO)c1-c1c[nH]c(=O)c2cc(OCC(F)(F)F)ccc12. The fourth-order valence-corrected chi connectivity index (χ4v) is 2.95. The Balaban J connectivity index is 2.15. The largest absolute Gasteiger partial charge is 0.484 e. The number of hydrogen-bond donors (Lipinski definition) is 2. The van der Waals surface area contributed by atoms with Crippen LogP contribution in [0.2, 0.25) is 0 Å². The first-order valence-corrected chi connectivity index (χ1v) is 7.85. The normalized spacial score (nSPS) is 11.7. The van der Waals surface area contributed by atoms with E-state index in [2.05, 4.69) is 4.98 Å². The van der Waals surface area contributed by atoms with Gasteiger partial charge in [-0.15, -0.1) is 0 Å². The summed E-state index contributed by atoms with van der Waals surface area (Å²) in [6.45, 7) is 0.277. The van der Waals surface area contributed by atoms with Crippen molar-refractivity contribution in [2.45, 2.75) is 19.7 Å². The highest BCUT2D eigenvalue weighted by Crippen LogP contribution is 2.33. The number of H-pyrrole nitrogens is 1. The molecule has 26 heavy (non-hydrogen) atoms. The average molecular weight is 363 g/mol. The van der Waals surface area contributed by atoms with E-state index >= 15 is 0 Å². The Labute approximate surface area is 146 Å². The molecule has 7 heteroatoms. The topological polar surface area (TPSA) is 62.3 Å². The van der Waals surface area contributed by atoms with E-state index in [1.54, 1.807) is 18.3 Å². The Morgan fingerprint density at radius 3 is 2.62 bits per heavy atom. The summed E-state index contributed by atoms with van der Waals surface area (Å²) in [5, 5.41) is 10.4. The Bertz CT molecular complexity index is 1010. The van der Waals surface area contributed by atoms with E-state index in [9.17, 15) is 23.1 Å². The summed E-state index contributed by atoms with van der Waals surface area (Å²) < 4.78 is 41.7. The van der Waals surface area contributed by atoms with Gasteiger partial charge in [-0.05, 0) is 47.2 Å². The Hall–Kier alpha value is -2.80. The molecule has 0 radical (unpaired) electrons. The molecular weight excluding hydrogens is 347 g/mol. The van der Waals surface area contributed by atoms with Crippen LogP contribution in [0.4, 0.5) is 13.2 Å². The van der Waals surface area contributed by atoms with Crippen molar-refractivity contribution in [3.05, 3.63) is 64.1 Å². The van der Waals surface area contributed by atoms with Gasteiger partial charge in [0, 0.05) is 11.8 Å². The summed E-state index contributed by atoms with van der Waals surface area (Å²) in [4.78, 5) is 14.8. The van der Waals surface area contributed by atoms with Gasteiger partial charge in [-0.25, -0.2) is 0 Å². The highest BCUT2D eigenvalue weighted by molar-refractivity contribution is 5.97. The van der Waals surface area contributed by atoms with E-state index in [1.165, 1.54) is 12.1 Å². The van der Waals surface area contributed by atoms with Crippen molar-refractivity contribution in [3.8, 4) is 16.9 Å². The molecule has 0 unspecified atom stereocenters. The second-order valence-corrected chi connectivity index (χ2v) is 5.91. The first kappa shape index (κ1) is 18.0. The summed E-state index contributed by atoms with van der Waals surface area (Å²) >= 11 is 0. The first-order valence-electron chi connectivity index (χ1n) is 7.85. The van der Waals surface area contributed by atoms with Crippen LogP contribution in [-0.2, 0) is 6.61 Å². The van der Waals surface area contributed by atoms with E-state index in [1.807, 2.05) is 19.1 Å². The van der Waals surface area contributed by atoms with Gasteiger partial charge in [0.25, 0.3) is 5.56 Å². The molecule has 0 fully saturated rings. The zero-order valence-electron chi connectivity index (χ0n) is 13.9. The van der Waals surface area contributed by atoms with Crippen molar-refractivity contribution in [1.29, 1.82) is 0 Å². The molecule has 0 amide bonds. The van der Waals surface area contributed by atoms with Gasteiger partial charge in [-0.3, -0.25) is 4.79 Å². The molecule has 136 valence electrons. The molecule has 0 aliphatic rings. The molecule has 4 nitrogen and oxygen atoms in total. The molecule has 0 aliphatic heterocycles. The second-order valence-electron chi connectivity index (χ2n) is 5.91. The number of aromatic nitrogens is 1. The maximum absolute atomic E-state index is 12.3. The third-order valence-corrected chi connectivity index (χ3v) is 4.07. The molecule has 1 heterocycles. The van der Waals surface area contributed by atoms with Gasteiger partial charge in [-0.1, -0.05) is 18.2 Å². The van der Waals surface area contributed by atoms with E-state index in [0.717, 1.165) is 11.1 Å². The fraction of sp³-hybridized carbons (Fsp3) is 0.211. The summed E-state index contributed by atoms with van der Waals surface area (Å²) in [6.07, 6.45) is -2.91. The molecule has 3 aromatic rings. The zero-order valence-corrected chi connectivity index (χ0v) is 13.9. The molecule has 0 spiro atoms. The standard InChI is InChI=1S/C19H16F3NO3/c1-11-3-2-4-12(9-24)17(11)16-8-23-18(25)15-7-13(5-6-14(15)16)26-10-19(20,21)22/h2-8,24H,9-10H2,1H3,(H,23,25). The predicted octanol–water partition coefficient (Wildman–Crippen LogP) is 3.94. The van der Waals surface area contributed by atoms with Crippen molar-refractivity contribution in [2.24, 2.45) is 0 Å². The number of nitrogens with one attached hydrogen (secondary N) is 1. The molecule has 2 aromatic carbocycles. The number of hydrogen-bond acceptors (Lipinski definition) is 3. The van der Waals surface area contributed by atoms with Gasteiger partial charge in [0.2, 0.25) is 0 Å². The Kier molecular flexibility index (Phi) is 4.73. The number of halogens is 3. The molecule has 1 aromatic heterocycles. The number of rotatable bonds is 4. The highest BCUT2D eigenvalue weighted by atomic mass is 19.4. The highest BCUT2D eigenvalue weighted by Gasteiger charge is 2.28. The number of ether oxygens (including phenoxy) is 1. The minimum Gasteiger partial charge on any atom is -0.484 e. The summed E-state index contributed by atoms with van der Waals surface area (Å²) in [5.41, 5.74) is 2.63. The lowest BCUT2D eigenvalue weighted by atomic mass is 9.93. The smallest absolute Gasteiger partial charge is 0.422 e. The lowest BCUT2D eigenvalue weighted by molar-refractivity contribution is -0.153. The lowest BCUT2D eigenvalue weighted by Gasteiger charge is -2.14. The van der Waals surface area contributed by atoms with Gasteiger partial charge in [0.15, 0.2) is 6.61 Å². The van der Waals surface area contributed by atoms with Crippen LogP contribution in [0.3, 0.4) is 0 Å². The molecule has 0 aliphatic carbocycles. The van der Waals surface area contributed by atoms with Crippen molar-refractivity contribution in [2.75, 3.05) is 6.61 Å². The van der Waals surface area contributed by atoms with Crippen LogP contribution in [0.5, 0.6) is 5.75 Å². The van der Waals surface area contributed by atoms with Crippen molar-refractivity contribution in [3.63, 3.8) is 0 Å². The third kappa shape index (κ3) is 3.57. The molecule has 0 saturated heterocycles. The van der Waals surface area contributed by atoms with Crippen LogP contribution >= 0.6 is 0 Å². The number of benzene rings is 2. The van der Waals surface area contributed by atoms with Crippen molar-refractivity contribution >= 4 is 10.8 Å². The van der Waals surface area contributed by atoms with Crippen LogP contribution in [0.25, 0.3) is 21.9 Å². The van der Waals surface area contributed by atoms with Crippen LogP contribution in [0.15, 0.2) is 47.4 Å². The number of fused-ring (bicyclic) bond motifs is 1. The van der Waals surface area contributed by atoms with Gasteiger partial charge < -0.3 is 14.8 Å². The molecule has 2 N–H and O–H groups in total. The van der Waals surface area contributed by atoms with Gasteiger partial charge >= 0.3 is 6.18 Å². The first-order chi connectivity index (χ1) is 12.3. The van der Waals surface area contributed by atoms with E-state index < -0.39 is 18.3 Å². The van der Waals surface area contributed by atoms with E-state index in [0.29, 0.717) is 16.5 Å². The predicted molar refractivity (Wildman–Crippen MR) is 92.2 cm³/mol. The van der Waals surface area contributed by atoms with Crippen molar-refractivity contribution < 1.29 is 23.0 Å². The zero-order chi connectivity index (χ0) is 18.9. The number of alkyl halides is 3. The molecule has 0 atom stereocenters. The van der Waals surface area contributed by atoms with Crippen LogP contribution in [0, 0.1) is 6.92 Å². The van der Waals surface area contributed by atoms with Gasteiger partial charge in [0.1, 0.15) is 5.75 Å². The molecule has 3 rings (SSSR count). The lowest BCUT2D eigenvalue weighted by Crippen LogP contribution is -2.19. The van der Waals surface area contributed by atoms with Gasteiger partial charge in [0.05, 0.1) is 12.0 Å². The maximum atomic E-state index is 12.3. The van der Waals surface area contributed by atoms with Crippen LogP contribution in [0.1, 0.15) is 11.1 Å².